The van der Waals surface area contributed by atoms with Gasteiger partial charge in [0.1, 0.15) is 18.3 Å². The highest BCUT2D eigenvalue weighted by molar-refractivity contribution is 5.80. The van der Waals surface area contributed by atoms with Crippen LogP contribution in [0.4, 0.5) is 0 Å². The molecule has 3 rings (SSSR count). The van der Waals surface area contributed by atoms with E-state index in [4.69, 9.17) is 14.6 Å². The van der Waals surface area contributed by atoms with Crippen molar-refractivity contribution in [3.63, 3.8) is 0 Å². The molecule has 1 unspecified atom stereocenters. The molecule has 0 aromatic rings. The minimum absolute atomic E-state index is 0.0747. The van der Waals surface area contributed by atoms with Gasteiger partial charge in [0.15, 0.2) is 6.10 Å². The molecule has 10 nitrogen and oxygen atoms in total. The van der Waals surface area contributed by atoms with Crippen LogP contribution in [0.15, 0.2) is 23.8 Å². The van der Waals surface area contributed by atoms with Crippen LogP contribution in [0.2, 0.25) is 0 Å². The minimum Gasteiger partial charge on any atom is -0.479 e. The lowest BCUT2D eigenvalue weighted by Crippen LogP contribution is -2.61. The molecule has 36 heavy (non-hydrogen) atoms. The van der Waals surface area contributed by atoms with Gasteiger partial charge in [-0.25, -0.2) is 9.59 Å². The molecule has 2 saturated carbocycles. The van der Waals surface area contributed by atoms with Crippen LogP contribution in [0.3, 0.4) is 0 Å². The lowest BCUT2D eigenvalue weighted by atomic mass is 9.46. The number of hydrogen-bond donors (Lipinski definition) is 5. The van der Waals surface area contributed by atoms with Gasteiger partial charge in [-0.05, 0) is 69.6 Å². The summed E-state index contributed by atoms with van der Waals surface area (Å²) in [5.41, 5.74) is 0.592. The van der Waals surface area contributed by atoms with Gasteiger partial charge in [-0.15, -0.1) is 0 Å². The first-order valence-electron chi connectivity index (χ1n) is 12.4. The zero-order chi connectivity index (χ0) is 27.0. The maximum Gasteiger partial charge on any atom is 0.335 e. The third kappa shape index (κ3) is 5.22. The Morgan fingerprint density at radius 3 is 2.39 bits per heavy atom. The van der Waals surface area contributed by atoms with Crippen molar-refractivity contribution in [3.05, 3.63) is 23.8 Å². The molecule has 2 aliphatic carbocycles. The molecule has 0 bridgehead atoms. The first kappa shape index (κ1) is 28.3. The Kier molecular flexibility index (Phi) is 8.34. The van der Waals surface area contributed by atoms with Gasteiger partial charge in [-0.3, -0.25) is 4.79 Å². The second kappa shape index (κ2) is 10.6. The summed E-state index contributed by atoms with van der Waals surface area (Å²) in [5, 5.41) is 48.6. The van der Waals surface area contributed by atoms with E-state index in [1.807, 2.05) is 6.92 Å². The van der Waals surface area contributed by atoms with Crippen molar-refractivity contribution in [2.75, 3.05) is 0 Å². The van der Waals surface area contributed by atoms with Crippen molar-refractivity contribution in [1.82, 2.24) is 0 Å². The SMILES string of the molecule is C=C1CCC2[C@](C)(CCC[C@]2(C)C(=O)O[C@@H]2O[C@H](C(=O)O)[C@@H](O)[C@H](O)[C@H]2O)[C@H]1CC/C(C)=C/C(=O)O. The monoisotopic (exact) mass is 510 g/mol. The number of fused-ring (bicyclic) bond motifs is 1. The van der Waals surface area contributed by atoms with Gasteiger partial charge in [0, 0.05) is 6.08 Å². The molecule has 202 valence electrons. The molecule has 3 aliphatic rings. The van der Waals surface area contributed by atoms with E-state index in [1.54, 1.807) is 6.92 Å². The van der Waals surface area contributed by atoms with Crippen LogP contribution >= 0.6 is 0 Å². The smallest absolute Gasteiger partial charge is 0.335 e. The number of hydrogen-bond acceptors (Lipinski definition) is 8. The zero-order valence-corrected chi connectivity index (χ0v) is 21.1. The van der Waals surface area contributed by atoms with Crippen molar-refractivity contribution < 1.29 is 49.4 Å². The minimum atomic E-state index is -1.87. The van der Waals surface area contributed by atoms with Crippen molar-refractivity contribution in [1.29, 1.82) is 0 Å². The molecule has 10 heteroatoms. The van der Waals surface area contributed by atoms with Crippen LogP contribution in [0, 0.1) is 22.7 Å². The molecule has 3 fully saturated rings. The second-order valence-corrected chi connectivity index (χ2v) is 11.1. The van der Waals surface area contributed by atoms with E-state index in [9.17, 15) is 34.8 Å². The second-order valence-electron chi connectivity index (χ2n) is 11.1. The first-order chi connectivity index (χ1) is 16.7. The lowest BCUT2D eigenvalue weighted by molar-refractivity contribution is -0.291. The first-order valence-corrected chi connectivity index (χ1v) is 12.4. The Morgan fingerprint density at radius 2 is 1.78 bits per heavy atom. The number of allylic oxidation sites excluding steroid dienone is 2. The molecule has 0 aromatic carbocycles. The predicted octanol–water partition coefficient (Wildman–Crippen LogP) is 2.01. The van der Waals surface area contributed by atoms with E-state index in [0.29, 0.717) is 32.1 Å². The Labute approximate surface area is 210 Å². The topological polar surface area (TPSA) is 171 Å². The summed E-state index contributed by atoms with van der Waals surface area (Å²) in [6, 6.07) is 0. The average molecular weight is 511 g/mol. The van der Waals surface area contributed by atoms with Gasteiger partial charge >= 0.3 is 17.9 Å². The number of aliphatic hydroxyl groups is 3. The number of esters is 1. The van der Waals surface area contributed by atoms with Gasteiger partial charge in [0.25, 0.3) is 0 Å². The van der Waals surface area contributed by atoms with Crippen LogP contribution in [0.25, 0.3) is 0 Å². The quantitative estimate of drug-likeness (QED) is 0.194. The number of carbonyl (C=O) groups excluding carboxylic acids is 1. The van der Waals surface area contributed by atoms with Crippen molar-refractivity contribution >= 4 is 17.9 Å². The van der Waals surface area contributed by atoms with E-state index in [1.165, 1.54) is 6.08 Å². The predicted molar refractivity (Wildman–Crippen MR) is 126 cm³/mol. The molecule has 1 aliphatic heterocycles. The zero-order valence-electron chi connectivity index (χ0n) is 21.1. The fourth-order valence-electron chi connectivity index (χ4n) is 6.77. The Bertz CT molecular complexity index is 928. The normalized spacial score (nSPS) is 41.3. The number of rotatable bonds is 7. The summed E-state index contributed by atoms with van der Waals surface area (Å²) < 4.78 is 10.7. The van der Waals surface area contributed by atoms with E-state index in [0.717, 1.165) is 24.0 Å². The third-order valence-electron chi connectivity index (χ3n) is 8.72. The summed E-state index contributed by atoms with van der Waals surface area (Å²) in [5.74, 6) is -3.21. The highest BCUT2D eigenvalue weighted by Crippen LogP contribution is 2.62. The van der Waals surface area contributed by atoms with Gasteiger partial charge in [-0.1, -0.05) is 31.1 Å². The molecule has 0 aromatic heterocycles. The molecular weight excluding hydrogens is 472 g/mol. The van der Waals surface area contributed by atoms with Crippen LogP contribution in [0.1, 0.15) is 65.7 Å². The van der Waals surface area contributed by atoms with Crippen molar-refractivity contribution in [2.24, 2.45) is 22.7 Å². The highest BCUT2D eigenvalue weighted by Gasteiger charge is 2.59. The van der Waals surface area contributed by atoms with Crippen molar-refractivity contribution in [2.45, 2.75) is 96.4 Å². The number of aliphatic carboxylic acids is 2. The summed E-state index contributed by atoms with van der Waals surface area (Å²) >= 11 is 0. The molecule has 1 saturated heterocycles. The van der Waals surface area contributed by atoms with E-state index < -0.39 is 54.0 Å². The van der Waals surface area contributed by atoms with Gasteiger partial charge in [0.2, 0.25) is 6.29 Å². The summed E-state index contributed by atoms with van der Waals surface area (Å²) in [7, 11) is 0. The number of carbonyl (C=O) groups is 3. The summed E-state index contributed by atoms with van der Waals surface area (Å²) in [6.07, 6.45) is -3.07. The van der Waals surface area contributed by atoms with Crippen LogP contribution < -0.4 is 0 Å². The van der Waals surface area contributed by atoms with Gasteiger partial charge in [0.05, 0.1) is 5.41 Å². The Hall–Kier alpha value is -2.27. The lowest BCUT2D eigenvalue weighted by Gasteiger charge is -2.58. The molecule has 0 amide bonds. The van der Waals surface area contributed by atoms with Crippen LogP contribution in [0.5, 0.6) is 0 Å². The van der Waals surface area contributed by atoms with Gasteiger partial charge < -0.3 is 35.0 Å². The largest absolute Gasteiger partial charge is 0.479 e. The average Bonchev–Trinajstić information content (AvgIpc) is 2.77. The molecule has 0 radical (unpaired) electrons. The van der Waals surface area contributed by atoms with Crippen LogP contribution in [-0.4, -0.2) is 74.1 Å². The Morgan fingerprint density at radius 1 is 1.11 bits per heavy atom. The summed E-state index contributed by atoms with van der Waals surface area (Å²) in [4.78, 5) is 36.0. The summed E-state index contributed by atoms with van der Waals surface area (Å²) in [6.45, 7) is 10.0. The fraction of sp³-hybridized carbons (Fsp3) is 0.731. The van der Waals surface area contributed by atoms with E-state index >= 15 is 0 Å². The van der Waals surface area contributed by atoms with Crippen LogP contribution in [-0.2, 0) is 23.9 Å². The van der Waals surface area contributed by atoms with E-state index in [2.05, 4.69) is 13.5 Å². The molecular formula is C26H38O10. The standard InChI is InChI=1S/C26H38O10/c1-13(12-17(27)28)6-8-15-14(2)7-9-16-25(15,3)10-5-11-26(16,4)24(34)36-23-20(31)18(29)19(30)21(35-23)22(32)33/h12,15-16,18-21,23,29-31H,2,5-11H2,1,3-4H3,(H,27,28)(H,32,33)/b13-12+/t15-,16?,18-,19-,20+,21-,23-,25+,26-/m0/s1. The van der Waals surface area contributed by atoms with Crippen molar-refractivity contribution in [3.8, 4) is 0 Å². The maximum atomic E-state index is 13.6. The number of aliphatic hydroxyl groups excluding tert-OH is 3. The Balaban J connectivity index is 1.81. The van der Waals surface area contributed by atoms with E-state index in [-0.39, 0.29) is 17.3 Å². The molecule has 1 heterocycles. The number of ether oxygens (including phenoxy) is 2. The third-order valence-corrected chi connectivity index (χ3v) is 8.72. The van der Waals surface area contributed by atoms with Gasteiger partial charge in [-0.2, -0.15) is 0 Å². The molecule has 9 atom stereocenters. The maximum absolute atomic E-state index is 13.6. The number of carboxylic acid groups (broad SMARTS) is 2. The molecule has 5 N–H and O–H groups in total. The number of carboxylic acids is 2. The highest BCUT2D eigenvalue weighted by atomic mass is 16.7. The fourth-order valence-corrected chi connectivity index (χ4v) is 6.77. The molecule has 0 spiro atoms.